The third kappa shape index (κ3) is 4.76. The van der Waals surface area contributed by atoms with Gasteiger partial charge in [0, 0.05) is 0 Å². The molecule has 2 aliphatic heterocycles. The first-order valence-electron chi connectivity index (χ1n) is 11.7. The predicted molar refractivity (Wildman–Crippen MR) is 129 cm³/mol. The van der Waals surface area contributed by atoms with E-state index in [2.05, 4.69) is 34.8 Å². The Labute approximate surface area is 226 Å². The number of nitrogens with two attached hydrogens (primary N) is 2. The van der Waals surface area contributed by atoms with Gasteiger partial charge in [-0.25, -0.2) is 49.0 Å². The fourth-order valence-corrected chi connectivity index (χ4v) is 5.51. The Bertz CT molecular complexity index is 1630. The van der Waals surface area contributed by atoms with Crippen molar-refractivity contribution >= 4 is 41.8 Å². The van der Waals surface area contributed by atoms with Crippen LogP contribution < -0.4 is 11.5 Å². The topological polar surface area (TPSA) is 283 Å². The minimum Gasteiger partial charge on any atom is -0.387 e. The van der Waals surface area contributed by atoms with Gasteiger partial charge in [0.1, 0.15) is 48.1 Å². The van der Waals surface area contributed by atoms with Crippen molar-refractivity contribution in [3.63, 3.8) is 0 Å². The highest BCUT2D eigenvalue weighted by Gasteiger charge is 2.52. The molecule has 41 heavy (non-hydrogen) atoms. The van der Waals surface area contributed by atoms with Crippen LogP contribution in [0.1, 0.15) is 12.5 Å². The van der Waals surface area contributed by atoms with Crippen LogP contribution in [0.4, 0.5) is 16.0 Å². The molecule has 5 unspecified atom stereocenters. The van der Waals surface area contributed by atoms with Crippen LogP contribution in [0.2, 0.25) is 0 Å². The summed E-state index contributed by atoms with van der Waals surface area (Å²) in [5.74, 6) is 0.0702. The molecule has 4 aromatic rings. The minimum absolute atomic E-state index is 0.0232. The highest BCUT2D eigenvalue weighted by Crippen LogP contribution is 2.50. The number of rotatable bonds is 8. The number of phosphoric acid groups is 1. The van der Waals surface area contributed by atoms with Crippen LogP contribution in [0.25, 0.3) is 22.3 Å². The summed E-state index contributed by atoms with van der Waals surface area (Å²) in [5, 5.41) is 30.1. The standard InChI is InChI=1S/C19H22FN10O10P/c20-7-10(31)6(37-17(7)29-4-27-8-13(21)23-2-25-15(8)29)1-36-41(34,35)40-12-11(32)19(39-33)38-18(12)30-5-28-9-14(22)24-3-26-16(9)30/h2-7,10-12,17-19,31-33H,1H2,(H,34,35)(H2,21,23,25)(H2,22,24,26)/t6-,7?,10?,11?,12?,17-,18-,19-/m1/s1. The summed E-state index contributed by atoms with van der Waals surface area (Å²) in [7, 11) is -5.09. The van der Waals surface area contributed by atoms with E-state index in [1.54, 1.807) is 0 Å². The summed E-state index contributed by atoms with van der Waals surface area (Å²) in [5.41, 5.74) is 12.1. The summed E-state index contributed by atoms with van der Waals surface area (Å²) < 4.78 is 51.5. The molecule has 0 aliphatic carbocycles. The number of nitrogens with zero attached hydrogens (tertiary/aromatic N) is 8. The maximum absolute atomic E-state index is 15.0. The molecule has 8 N–H and O–H groups in total. The van der Waals surface area contributed by atoms with Crippen molar-refractivity contribution in [2.24, 2.45) is 0 Å². The van der Waals surface area contributed by atoms with E-state index in [-0.39, 0.29) is 34.0 Å². The van der Waals surface area contributed by atoms with Crippen LogP contribution in [0.3, 0.4) is 0 Å². The lowest BCUT2D eigenvalue weighted by Gasteiger charge is -2.24. The molecule has 2 aliphatic rings. The van der Waals surface area contributed by atoms with Gasteiger partial charge in [-0.3, -0.25) is 18.2 Å². The van der Waals surface area contributed by atoms with Crippen LogP contribution in [0, 0.1) is 0 Å². The smallest absolute Gasteiger partial charge is 0.387 e. The molecule has 6 rings (SSSR count). The minimum atomic E-state index is -5.09. The molecule has 20 nitrogen and oxygen atoms in total. The van der Waals surface area contributed by atoms with Gasteiger partial charge in [-0.2, -0.15) is 0 Å². The van der Waals surface area contributed by atoms with Crippen LogP contribution >= 0.6 is 7.82 Å². The Hall–Kier alpha value is -3.50. The Kier molecular flexibility index (Phi) is 7.02. The number of hydrogen-bond acceptors (Lipinski definition) is 17. The van der Waals surface area contributed by atoms with E-state index in [4.69, 9.17) is 35.2 Å². The number of alkyl halides is 1. The number of aliphatic hydroxyl groups excluding tert-OH is 2. The van der Waals surface area contributed by atoms with Gasteiger partial charge in [0.05, 0.1) is 19.3 Å². The molecule has 0 aromatic carbocycles. The number of aromatic nitrogens is 8. The van der Waals surface area contributed by atoms with Crippen molar-refractivity contribution < 1.29 is 52.7 Å². The lowest BCUT2D eigenvalue weighted by atomic mass is 10.1. The second-order valence-corrected chi connectivity index (χ2v) is 10.4. The van der Waals surface area contributed by atoms with Crippen molar-refractivity contribution in [3.8, 4) is 0 Å². The zero-order valence-electron chi connectivity index (χ0n) is 20.4. The number of hydrogen-bond donors (Lipinski definition) is 6. The SMILES string of the molecule is Nc1ncnc2c1ncn2[C@@H]1O[C@H](COP(=O)(O)OC2C(O)[C@@H](OO)O[C@H]2n2cnc3c(N)ncnc32)C(O)C1F. The van der Waals surface area contributed by atoms with Gasteiger partial charge >= 0.3 is 7.82 Å². The maximum atomic E-state index is 15.0. The van der Waals surface area contributed by atoms with Gasteiger partial charge < -0.3 is 36.0 Å². The lowest BCUT2D eigenvalue weighted by Crippen LogP contribution is -2.35. The molecule has 0 saturated carbocycles. The Morgan fingerprint density at radius 3 is 2.10 bits per heavy atom. The van der Waals surface area contributed by atoms with Gasteiger partial charge in [0.2, 0.25) is 6.29 Å². The van der Waals surface area contributed by atoms with Crippen molar-refractivity contribution in [2.75, 3.05) is 18.1 Å². The van der Waals surface area contributed by atoms with Crippen molar-refractivity contribution in [2.45, 2.75) is 49.3 Å². The molecule has 4 aromatic heterocycles. The van der Waals surface area contributed by atoms with Crippen molar-refractivity contribution in [1.82, 2.24) is 39.0 Å². The third-order valence-electron chi connectivity index (χ3n) is 6.55. The predicted octanol–water partition coefficient (Wildman–Crippen LogP) is -1.37. The largest absolute Gasteiger partial charge is 0.472 e. The van der Waals surface area contributed by atoms with E-state index in [1.807, 2.05) is 0 Å². The van der Waals surface area contributed by atoms with Crippen molar-refractivity contribution in [3.05, 3.63) is 25.3 Å². The molecular weight excluding hydrogens is 578 g/mol. The quantitative estimate of drug-likeness (QED) is 0.0772. The fourth-order valence-electron chi connectivity index (χ4n) is 4.57. The van der Waals surface area contributed by atoms with Gasteiger partial charge in [0.25, 0.3) is 0 Å². The number of ether oxygens (including phenoxy) is 2. The highest BCUT2D eigenvalue weighted by atomic mass is 31.2. The van der Waals surface area contributed by atoms with Crippen LogP contribution in [-0.4, -0.2) is 103 Å². The molecule has 9 atom stereocenters. The highest BCUT2D eigenvalue weighted by molar-refractivity contribution is 7.47. The molecule has 0 amide bonds. The zero-order chi connectivity index (χ0) is 29.1. The number of anilines is 2. The third-order valence-corrected chi connectivity index (χ3v) is 7.53. The number of aliphatic hydroxyl groups is 2. The van der Waals surface area contributed by atoms with E-state index < -0.39 is 63.8 Å². The van der Waals surface area contributed by atoms with E-state index >= 15 is 4.39 Å². The van der Waals surface area contributed by atoms with E-state index in [9.17, 15) is 19.7 Å². The Balaban J connectivity index is 1.18. The van der Waals surface area contributed by atoms with Gasteiger partial charge in [-0.05, 0) is 0 Å². The van der Waals surface area contributed by atoms with E-state index in [0.717, 1.165) is 12.7 Å². The van der Waals surface area contributed by atoms with Crippen LogP contribution in [0.15, 0.2) is 25.3 Å². The van der Waals surface area contributed by atoms with E-state index in [1.165, 1.54) is 21.8 Å². The number of nitrogen functional groups attached to an aromatic ring is 2. The Morgan fingerprint density at radius 2 is 1.51 bits per heavy atom. The second-order valence-electron chi connectivity index (χ2n) is 8.99. The first kappa shape index (κ1) is 27.7. The molecule has 220 valence electrons. The Morgan fingerprint density at radius 1 is 0.927 bits per heavy atom. The second kappa shape index (κ2) is 10.4. The van der Waals surface area contributed by atoms with Gasteiger partial charge in [0.15, 0.2) is 41.6 Å². The number of phosphoric ester groups is 1. The summed E-state index contributed by atoms with van der Waals surface area (Å²) in [6.45, 7) is -0.818. The summed E-state index contributed by atoms with van der Waals surface area (Å²) in [4.78, 5) is 38.3. The molecule has 0 radical (unpaired) electrons. The molecule has 6 heterocycles. The number of fused-ring (bicyclic) bond motifs is 2. The monoisotopic (exact) mass is 600 g/mol. The summed E-state index contributed by atoms with van der Waals surface area (Å²) in [6, 6.07) is 0. The average molecular weight is 600 g/mol. The molecule has 2 fully saturated rings. The van der Waals surface area contributed by atoms with Crippen LogP contribution in [-0.2, 0) is 28.0 Å². The maximum Gasteiger partial charge on any atom is 0.472 e. The lowest BCUT2D eigenvalue weighted by molar-refractivity contribution is -0.357. The molecule has 22 heteroatoms. The summed E-state index contributed by atoms with van der Waals surface area (Å²) in [6.07, 6.45) is -8.68. The molecule has 0 spiro atoms. The van der Waals surface area contributed by atoms with Crippen molar-refractivity contribution in [1.29, 1.82) is 0 Å². The number of imidazole rings is 2. The first-order valence-corrected chi connectivity index (χ1v) is 13.2. The molecular formula is C19H22FN10O10P. The van der Waals surface area contributed by atoms with E-state index in [0.29, 0.717) is 0 Å². The normalized spacial score (nSPS) is 31.7. The van der Waals surface area contributed by atoms with Crippen LogP contribution in [0.5, 0.6) is 0 Å². The fraction of sp³-hybridized carbons (Fsp3) is 0.474. The van der Waals surface area contributed by atoms with Gasteiger partial charge in [-0.1, -0.05) is 0 Å². The molecule has 0 bridgehead atoms. The summed E-state index contributed by atoms with van der Waals surface area (Å²) >= 11 is 0. The molecule has 2 saturated heterocycles. The average Bonchev–Trinajstić information content (AvgIpc) is 3.70. The first-order chi connectivity index (χ1) is 19.6. The van der Waals surface area contributed by atoms with Gasteiger partial charge in [-0.15, -0.1) is 0 Å². The zero-order valence-corrected chi connectivity index (χ0v) is 21.3. The number of halogens is 1.